The van der Waals surface area contributed by atoms with E-state index in [2.05, 4.69) is 0 Å². The Balaban J connectivity index is 1.56. The van der Waals surface area contributed by atoms with Crippen molar-refractivity contribution in [3.63, 3.8) is 0 Å². The van der Waals surface area contributed by atoms with Crippen molar-refractivity contribution < 1.29 is 38.6 Å². The third-order valence-corrected chi connectivity index (χ3v) is 7.05. The van der Waals surface area contributed by atoms with E-state index in [9.17, 15) is 24.8 Å². The van der Waals surface area contributed by atoms with Crippen LogP contribution in [0.5, 0.6) is 11.5 Å². The van der Waals surface area contributed by atoms with Crippen LogP contribution in [0.25, 0.3) is 0 Å². The third-order valence-electron chi connectivity index (χ3n) is 6.62. The molecule has 242 valence electrons. The van der Waals surface area contributed by atoms with Crippen LogP contribution in [0, 0.1) is 17.0 Å². The smallest absolute Gasteiger partial charge is 0.415 e. The molecule has 11 nitrogen and oxygen atoms in total. The second-order valence-electron chi connectivity index (χ2n) is 10.1. The topological polar surface area (TPSA) is 138 Å². The SMILES string of the molecule is CCOC(Cc1ccc(OCCN(CCCCOCc2cc(Cl)cc(Cl)c2)C(=O)Oc2ccc(C)c([N+](=O)[O-])c2)cc1)C(=O)O. The Morgan fingerprint density at radius 3 is 2.27 bits per heavy atom. The van der Waals surface area contributed by atoms with Crippen molar-refractivity contribution in [3.05, 3.63) is 97.5 Å². The van der Waals surface area contributed by atoms with Crippen molar-refractivity contribution in [1.82, 2.24) is 4.90 Å². The van der Waals surface area contributed by atoms with E-state index in [1.54, 1.807) is 56.3 Å². The quantitative estimate of drug-likeness (QED) is 0.0857. The first-order chi connectivity index (χ1) is 21.5. The number of benzene rings is 3. The molecule has 0 bridgehead atoms. The van der Waals surface area contributed by atoms with Gasteiger partial charge in [-0.1, -0.05) is 35.3 Å². The van der Waals surface area contributed by atoms with Crippen LogP contribution in [0.3, 0.4) is 0 Å². The number of carboxylic acids is 1. The lowest BCUT2D eigenvalue weighted by atomic mass is 10.1. The molecule has 3 rings (SSSR count). The van der Waals surface area contributed by atoms with Crippen molar-refractivity contribution in [2.45, 2.75) is 45.8 Å². The number of carbonyl (C=O) groups excluding carboxylic acids is 1. The summed E-state index contributed by atoms with van der Waals surface area (Å²) in [6, 6.07) is 16.4. The molecule has 0 radical (unpaired) electrons. The second kappa shape index (κ2) is 18.2. The zero-order valence-corrected chi connectivity index (χ0v) is 26.6. The Morgan fingerprint density at radius 2 is 1.62 bits per heavy atom. The molecule has 0 aliphatic rings. The highest BCUT2D eigenvalue weighted by molar-refractivity contribution is 6.34. The zero-order chi connectivity index (χ0) is 32.8. The molecule has 0 aliphatic heterocycles. The number of aryl methyl sites for hydroxylation is 1. The van der Waals surface area contributed by atoms with E-state index in [4.69, 9.17) is 42.1 Å². The van der Waals surface area contributed by atoms with Gasteiger partial charge in [-0.05, 0) is 80.3 Å². The maximum absolute atomic E-state index is 13.1. The normalized spacial score (nSPS) is 11.6. The lowest BCUT2D eigenvalue weighted by molar-refractivity contribution is -0.385. The lowest BCUT2D eigenvalue weighted by Crippen LogP contribution is -2.37. The Bertz CT molecular complexity index is 1420. The third kappa shape index (κ3) is 12.2. The fraction of sp³-hybridized carbons (Fsp3) is 0.375. The average molecular weight is 664 g/mol. The monoisotopic (exact) mass is 662 g/mol. The Hall–Kier alpha value is -3.90. The Morgan fingerprint density at radius 1 is 0.933 bits per heavy atom. The van der Waals surface area contributed by atoms with Crippen molar-refractivity contribution >= 4 is 41.0 Å². The van der Waals surface area contributed by atoms with Crippen LogP contribution in [0.2, 0.25) is 10.0 Å². The van der Waals surface area contributed by atoms with Crippen molar-refractivity contribution in [1.29, 1.82) is 0 Å². The number of rotatable bonds is 18. The van der Waals surface area contributed by atoms with Gasteiger partial charge in [0.05, 0.1) is 24.1 Å². The Kier molecular flexibility index (Phi) is 14.4. The van der Waals surface area contributed by atoms with Crippen LogP contribution in [0.1, 0.15) is 36.5 Å². The minimum absolute atomic E-state index is 0.0639. The molecule has 0 aliphatic carbocycles. The number of hydrogen-bond donors (Lipinski definition) is 1. The molecule has 0 fully saturated rings. The van der Waals surface area contributed by atoms with E-state index >= 15 is 0 Å². The molecule has 45 heavy (non-hydrogen) atoms. The van der Waals surface area contributed by atoms with Gasteiger partial charge in [0.1, 0.15) is 18.1 Å². The van der Waals surface area contributed by atoms with Gasteiger partial charge in [0.25, 0.3) is 5.69 Å². The zero-order valence-electron chi connectivity index (χ0n) is 25.1. The minimum Gasteiger partial charge on any atom is -0.492 e. The van der Waals surface area contributed by atoms with Crippen LogP contribution in [-0.2, 0) is 27.3 Å². The van der Waals surface area contributed by atoms with Crippen molar-refractivity contribution in [3.8, 4) is 11.5 Å². The highest BCUT2D eigenvalue weighted by Crippen LogP contribution is 2.25. The largest absolute Gasteiger partial charge is 0.492 e. The summed E-state index contributed by atoms with van der Waals surface area (Å²) < 4.78 is 22.3. The maximum Gasteiger partial charge on any atom is 0.415 e. The van der Waals surface area contributed by atoms with E-state index in [0.717, 1.165) is 11.1 Å². The highest BCUT2D eigenvalue weighted by atomic mass is 35.5. The Labute approximate surface area is 271 Å². The van der Waals surface area contributed by atoms with E-state index < -0.39 is 23.1 Å². The first-order valence-corrected chi connectivity index (χ1v) is 15.1. The van der Waals surface area contributed by atoms with Crippen LogP contribution in [0.4, 0.5) is 10.5 Å². The van der Waals surface area contributed by atoms with Gasteiger partial charge in [0.15, 0.2) is 6.10 Å². The predicted molar refractivity (Wildman–Crippen MR) is 169 cm³/mol. The number of carboxylic acid groups (broad SMARTS) is 1. The number of nitrogens with zero attached hydrogens (tertiary/aromatic N) is 2. The number of ether oxygens (including phenoxy) is 4. The number of unbranched alkanes of at least 4 members (excludes halogenated alkanes) is 1. The number of halogens is 2. The molecule has 13 heteroatoms. The first-order valence-electron chi connectivity index (χ1n) is 14.4. The molecule has 1 unspecified atom stereocenters. The van der Waals surface area contributed by atoms with E-state index in [1.165, 1.54) is 23.1 Å². The maximum atomic E-state index is 13.1. The molecule has 0 aromatic heterocycles. The number of hydrogen-bond acceptors (Lipinski definition) is 8. The summed E-state index contributed by atoms with van der Waals surface area (Å²) in [5.41, 5.74) is 1.94. The molecule has 0 heterocycles. The lowest BCUT2D eigenvalue weighted by Gasteiger charge is -2.22. The number of nitro groups is 1. The van der Waals surface area contributed by atoms with Gasteiger partial charge in [0, 0.05) is 41.8 Å². The van der Waals surface area contributed by atoms with Gasteiger partial charge in [-0.15, -0.1) is 0 Å². The van der Waals surface area contributed by atoms with Gasteiger partial charge in [-0.3, -0.25) is 10.1 Å². The minimum atomic E-state index is -1.03. The van der Waals surface area contributed by atoms with Crippen molar-refractivity contribution in [2.24, 2.45) is 0 Å². The molecular weight excluding hydrogens is 627 g/mol. The molecule has 1 amide bonds. The summed E-state index contributed by atoms with van der Waals surface area (Å²) in [5, 5.41) is 21.7. The predicted octanol–water partition coefficient (Wildman–Crippen LogP) is 7.12. The standard InChI is InChI=1S/C32H36Cl2N2O9/c1-3-43-30(31(37)38)18-23-7-10-27(11-8-23)44-15-13-35(32(39)45-28-9-6-22(2)29(20-28)36(40)41)12-4-5-14-42-21-24-16-25(33)19-26(34)17-24/h6-11,16-17,19-20,30H,3-5,12-15,18,21H2,1-2H3,(H,37,38). The second-order valence-corrected chi connectivity index (χ2v) is 10.9. The van der Waals surface area contributed by atoms with Crippen LogP contribution < -0.4 is 9.47 Å². The summed E-state index contributed by atoms with van der Waals surface area (Å²) in [6.07, 6.45) is -0.139. The van der Waals surface area contributed by atoms with Gasteiger partial charge in [-0.25, -0.2) is 9.59 Å². The van der Waals surface area contributed by atoms with E-state index in [0.29, 0.717) is 60.6 Å². The summed E-state index contributed by atoms with van der Waals surface area (Å²) in [6.45, 7) is 5.07. The van der Waals surface area contributed by atoms with Crippen LogP contribution >= 0.6 is 23.2 Å². The number of carbonyl (C=O) groups is 2. The van der Waals surface area contributed by atoms with E-state index in [1.807, 2.05) is 0 Å². The number of amides is 1. The highest BCUT2D eigenvalue weighted by Gasteiger charge is 2.20. The molecule has 0 saturated carbocycles. The van der Waals surface area contributed by atoms with Gasteiger partial charge in [-0.2, -0.15) is 0 Å². The fourth-order valence-corrected chi connectivity index (χ4v) is 4.90. The van der Waals surface area contributed by atoms with Crippen LogP contribution in [-0.4, -0.2) is 66.0 Å². The van der Waals surface area contributed by atoms with Gasteiger partial charge in [0.2, 0.25) is 0 Å². The number of aliphatic carboxylic acids is 1. The summed E-state index contributed by atoms with van der Waals surface area (Å²) in [4.78, 5) is 36.8. The summed E-state index contributed by atoms with van der Waals surface area (Å²) in [5.74, 6) is -0.421. The molecule has 0 saturated heterocycles. The fourth-order valence-electron chi connectivity index (χ4n) is 4.33. The molecule has 3 aromatic rings. The molecule has 3 aromatic carbocycles. The summed E-state index contributed by atoms with van der Waals surface area (Å²) >= 11 is 12.1. The van der Waals surface area contributed by atoms with E-state index in [-0.39, 0.29) is 31.0 Å². The van der Waals surface area contributed by atoms with Gasteiger partial charge < -0.3 is 29.0 Å². The molecule has 1 N–H and O–H groups in total. The molecular formula is C32H36Cl2N2O9. The first kappa shape index (κ1) is 35.6. The van der Waals surface area contributed by atoms with Crippen molar-refractivity contribution in [2.75, 3.05) is 32.9 Å². The molecule has 0 spiro atoms. The van der Waals surface area contributed by atoms with Crippen LogP contribution in [0.15, 0.2) is 60.7 Å². The molecule has 1 atom stereocenters. The summed E-state index contributed by atoms with van der Waals surface area (Å²) in [7, 11) is 0. The average Bonchev–Trinajstić information content (AvgIpc) is 2.98. The number of nitro benzene ring substituents is 1. The van der Waals surface area contributed by atoms with Gasteiger partial charge >= 0.3 is 12.1 Å².